The molecule has 1 aliphatic heterocycles. The van der Waals surface area contributed by atoms with Crippen LogP contribution in [0.15, 0.2) is 4.99 Å². The van der Waals surface area contributed by atoms with E-state index in [1.54, 1.807) is 6.92 Å². The van der Waals surface area contributed by atoms with Crippen LogP contribution in [0.3, 0.4) is 0 Å². The van der Waals surface area contributed by atoms with E-state index in [-0.39, 0.29) is 6.79 Å². The molecule has 1 atom stereocenters. The Hall–Kier alpha value is -0.940. The molecule has 0 N–H and O–H groups in total. The molecule has 1 heterocycles. The number of hydrogen-bond donors (Lipinski definition) is 0. The van der Waals surface area contributed by atoms with E-state index < -0.39 is 11.7 Å². The van der Waals surface area contributed by atoms with Crippen LogP contribution in [0.1, 0.15) is 13.8 Å². The van der Waals surface area contributed by atoms with Crippen LogP contribution in [0.25, 0.3) is 0 Å². The summed E-state index contributed by atoms with van der Waals surface area (Å²) in [5.74, 6) is -0.496. The molecule has 5 nitrogen and oxygen atoms in total. The quantitative estimate of drug-likeness (QED) is 0.354. The van der Waals surface area contributed by atoms with Gasteiger partial charge in [0.25, 0.3) is 5.72 Å². The van der Waals surface area contributed by atoms with E-state index in [2.05, 4.69) is 9.73 Å². The van der Waals surface area contributed by atoms with Crippen LogP contribution in [0.2, 0.25) is 0 Å². The number of carbonyl (C=O) groups excluding carboxylic acids is 1. The fourth-order valence-electron chi connectivity index (χ4n) is 0.946. The van der Waals surface area contributed by atoms with Gasteiger partial charge in [0.15, 0.2) is 6.79 Å². The van der Waals surface area contributed by atoms with Crippen LogP contribution in [0.5, 0.6) is 0 Å². The summed E-state index contributed by atoms with van der Waals surface area (Å²) in [6.07, 6.45) is 0. The number of aliphatic imine (C=N–C) groups is 1. The normalized spacial score (nSPS) is 25.3. The van der Waals surface area contributed by atoms with Crippen LogP contribution in [0, 0.1) is 0 Å². The molecule has 0 aromatic rings. The Morgan fingerprint density at radius 2 is 2.23 bits per heavy atom. The molecule has 74 valence electrons. The van der Waals surface area contributed by atoms with E-state index in [1.165, 1.54) is 7.11 Å². The lowest BCUT2D eigenvalue weighted by Crippen LogP contribution is -2.34. The summed E-state index contributed by atoms with van der Waals surface area (Å²) < 4.78 is 14.6. The fourth-order valence-corrected chi connectivity index (χ4v) is 0.946. The van der Waals surface area contributed by atoms with Gasteiger partial charge < -0.3 is 14.2 Å². The lowest BCUT2D eigenvalue weighted by molar-refractivity contribution is -0.166. The highest BCUT2D eigenvalue weighted by Gasteiger charge is 2.54. The number of esters is 1. The van der Waals surface area contributed by atoms with Gasteiger partial charge in [0.05, 0.1) is 12.8 Å². The predicted molar refractivity (Wildman–Crippen MR) is 45.4 cm³/mol. The van der Waals surface area contributed by atoms with Crippen LogP contribution < -0.4 is 0 Å². The molecule has 0 saturated heterocycles. The molecule has 0 amide bonds. The lowest BCUT2D eigenvalue weighted by Gasteiger charge is -2.12. The second-order valence-corrected chi connectivity index (χ2v) is 2.59. The van der Waals surface area contributed by atoms with E-state index in [0.717, 1.165) is 0 Å². The molecular formula is C8H13NO4. The smallest absolute Gasteiger partial charge is 0.368 e. The van der Waals surface area contributed by atoms with Crippen molar-refractivity contribution in [3.05, 3.63) is 0 Å². The van der Waals surface area contributed by atoms with Gasteiger partial charge in [-0.25, -0.2) is 9.79 Å². The van der Waals surface area contributed by atoms with Crippen molar-refractivity contribution in [3.8, 4) is 0 Å². The average molecular weight is 187 g/mol. The summed E-state index contributed by atoms with van der Waals surface area (Å²) in [4.78, 5) is 15.1. The first-order valence-electron chi connectivity index (χ1n) is 4.04. The molecule has 0 radical (unpaired) electrons. The van der Waals surface area contributed by atoms with Crippen molar-refractivity contribution < 1.29 is 19.0 Å². The van der Waals surface area contributed by atoms with Crippen molar-refractivity contribution in [2.45, 2.75) is 19.6 Å². The second-order valence-electron chi connectivity index (χ2n) is 2.59. The molecule has 1 aliphatic rings. The van der Waals surface area contributed by atoms with Crippen LogP contribution >= 0.6 is 0 Å². The highest BCUT2D eigenvalue weighted by Crippen LogP contribution is 2.30. The number of hydrogen-bond acceptors (Lipinski definition) is 5. The Kier molecular flexibility index (Phi) is 3.00. The number of nitrogens with zero attached hydrogens (tertiary/aromatic N) is 1. The summed E-state index contributed by atoms with van der Waals surface area (Å²) >= 11 is 0. The minimum atomic E-state index is -1.18. The molecular weight excluding hydrogens is 174 g/mol. The van der Waals surface area contributed by atoms with Gasteiger partial charge in [0.1, 0.15) is 0 Å². The molecule has 0 aliphatic carbocycles. The second kappa shape index (κ2) is 3.85. The van der Waals surface area contributed by atoms with Gasteiger partial charge in [-0.15, -0.1) is 0 Å². The summed E-state index contributed by atoms with van der Waals surface area (Å²) in [6.45, 7) is 4.14. The SMILES string of the molecule is CCOCOC1(C(=O)OC)N=C1C. The van der Waals surface area contributed by atoms with E-state index in [4.69, 9.17) is 9.47 Å². The highest BCUT2D eigenvalue weighted by atomic mass is 16.7. The maximum atomic E-state index is 11.2. The first kappa shape index (κ1) is 10.1. The molecule has 0 aromatic carbocycles. The molecule has 1 rings (SSSR count). The molecule has 13 heavy (non-hydrogen) atoms. The maximum Gasteiger partial charge on any atom is 0.368 e. The van der Waals surface area contributed by atoms with Gasteiger partial charge in [-0.05, 0) is 13.8 Å². The van der Waals surface area contributed by atoms with Crippen molar-refractivity contribution in [1.29, 1.82) is 0 Å². The first-order valence-corrected chi connectivity index (χ1v) is 4.04. The number of ether oxygens (including phenoxy) is 3. The third-order valence-corrected chi connectivity index (χ3v) is 1.78. The average Bonchev–Trinajstić information content (AvgIpc) is 2.77. The van der Waals surface area contributed by atoms with E-state index in [1.807, 2.05) is 6.92 Å². The third-order valence-electron chi connectivity index (χ3n) is 1.78. The standard InChI is InChI=1S/C8H13NO4/c1-4-12-5-13-8(6(2)9-8)7(10)11-3/h4-5H2,1-3H3. The number of rotatable bonds is 5. The minimum absolute atomic E-state index is 0.0481. The Morgan fingerprint density at radius 1 is 1.62 bits per heavy atom. The molecule has 1 unspecified atom stereocenters. The monoisotopic (exact) mass is 187 g/mol. The fraction of sp³-hybridized carbons (Fsp3) is 0.750. The topological polar surface area (TPSA) is 57.1 Å². The summed E-state index contributed by atoms with van der Waals surface area (Å²) in [5.41, 5.74) is -0.553. The first-order chi connectivity index (χ1) is 6.17. The Balaban J connectivity index is 2.39. The van der Waals surface area contributed by atoms with E-state index in [0.29, 0.717) is 12.3 Å². The van der Waals surface area contributed by atoms with Crippen molar-refractivity contribution in [2.75, 3.05) is 20.5 Å². The highest BCUT2D eigenvalue weighted by molar-refractivity contribution is 6.18. The maximum absolute atomic E-state index is 11.2. The zero-order valence-corrected chi connectivity index (χ0v) is 7.99. The summed E-state index contributed by atoms with van der Waals surface area (Å²) in [5, 5.41) is 0. The van der Waals surface area contributed by atoms with E-state index >= 15 is 0 Å². The van der Waals surface area contributed by atoms with Crippen molar-refractivity contribution in [1.82, 2.24) is 0 Å². The van der Waals surface area contributed by atoms with Crippen LogP contribution in [-0.2, 0) is 19.0 Å². The summed E-state index contributed by atoms with van der Waals surface area (Å²) in [7, 11) is 1.30. The van der Waals surface area contributed by atoms with Gasteiger partial charge in [0.2, 0.25) is 0 Å². The van der Waals surface area contributed by atoms with Crippen molar-refractivity contribution >= 4 is 11.7 Å². The van der Waals surface area contributed by atoms with Gasteiger partial charge >= 0.3 is 5.97 Å². The Bertz CT molecular complexity index is 238. The lowest BCUT2D eigenvalue weighted by atomic mass is 10.3. The van der Waals surface area contributed by atoms with E-state index in [9.17, 15) is 4.79 Å². The zero-order valence-electron chi connectivity index (χ0n) is 7.99. The number of carbonyl (C=O) groups is 1. The minimum Gasteiger partial charge on any atom is -0.465 e. The molecule has 0 aromatic heterocycles. The van der Waals surface area contributed by atoms with Gasteiger partial charge in [-0.3, -0.25) is 0 Å². The predicted octanol–water partition coefficient (Wildman–Crippen LogP) is 0.341. The third kappa shape index (κ3) is 1.87. The van der Waals surface area contributed by atoms with Gasteiger partial charge in [-0.1, -0.05) is 0 Å². The Labute approximate surface area is 76.7 Å². The van der Waals surface area contributed by atoms with Crippen molar-refractivity contribution in [2.24, 2.45) is 4.99 Å². The van der Waals surface area contributed by atoms with Gasteiger partial charge in [-0.2, -0.15) is 0 Å². The Morgan fingerprint density at radius 3 is 2.62 bits per heavy atom. The van der Waals surface area contributed by atoms with Crippen LogP contribution in [-0.4, -0.2) is 37.9 Å². The summed E-state index contributed by atoms with van der Waals surface area (Å²) in [6, 6.07) is 0. The molecule has 5 heteroatoms. The number of methoxy groups -OCH3 is 1. The molecule has 0 bridgehead atoms. The molecule has 0 saturated carbocycles. The molecule has 0 spiro atoms. The zero-order chi connectivity index (χ0) is 9.90. The van der Waals surface area contributed by atoms with Crippen LogP contribution in [0.4, 0.5) is 0 Å². The molecule has 0 fully saturated rings. The largest absolute Gasteiger partial charge is 0.465 e. The van der Waals surface area contributed by atoms with Gasteiger partial charge in [0, 0.05) is 6.61 Å². The van der Waals surface area contributed by atoms with Crippen molar-refractivity contribution in [3.63, 3.8) is 0 Å².